The first kappa shape index (κ1) is 17.3. The molecule has 2 atom stereocenters. The summed E-state index contributed by atoms with van der Waals surface area (Å²) in [6.07, 6.45) is 3.89. The second-order valence-corrected chi connectivity index (χ2v) is 6.88. The van der Waals surface area contributed by atoms with E-state index in [1.54, 1.807) is 11.0 Å². The van der Waals surface area contributed by atoms with Crippen LogP contribution in [0.3, 0.4) is 0 Å². The predicted octanol–water partition coefficient (Wildman–Crippen LogP) is 3.04. The van der Waals surface area contributed by atoms with Gasteiger partial charge in [0.15, 0.2) is 0 Å². The first-order valence-electron chi connectivity index (χ1n) is 9.06. The molecule has 1 aliphatic rings. The van der Waals surface area contributed by atoms with Crippen molar-refractivity contribution >= 4 is 5.91 Å². The molecule has 0 aliphatic carbocycles. The number of carbonyl (C=O) groups is 1. The van der Waals surface area contributed by atoms with Gasteiger partial charge in [-0.3, -0.25) is 4.79 Å². The number of hydrogen-bond acceptors (Lipinski definition) is 4. The van der Waals surface area contributed by atoms with Crippen LogP contribution in [0.1, 0.15) is 24.1 Å². The smallest absolute Gasteiger partial charge is 0.229 e. The van der Waals surface area contributed by atoms with Crippen molar-refractivity contribution < 1.29 is 9.53 Å². The molecule has 3 aromatic rings. The highest BCUT2D eigenvalue weighted by Crippen LogP contribution is 2.29. The lowest BCUT2D eigenvalue weighted by atomic mass is 9.94. The van der Waals surface area contributed by atoms with Gasteiger partial charge in [0.2, 0.25) is 5.91 Å². The third-order valence-electron chi connectivity index (χ3n) is 5.22. The minimum Gasteiger partial charge on any atom is -0.492 e. The number of nitrogens with zero attached hydrogens (tertiary/aromatic N) is 4. The van der Waals surface area contributed by atoms with Gasteiger partial charge in [-0.1, -0.05) is 30.3 Å². The van der Waals surface area contributed by atoms with Gasteiger partial charge in [0, 0.05) is 7.05 Å². The van der Waals surface area contributed by atoms with Crippen molar-refractivity contribution in [2.75, 3.05) is 13.7 Å². The van der Waals surface area contributed by atoms with E-state index in [4.69, 9.17) is 4.74 Å². The lowest BCUT2D eigenvalue weighted by molar-refractivity contribution is -0.137. The van der Waals surface area contributed by atoms with Gasteiger partial charge in [0.05, 0.1) is 17.6 Å². The van der Waals surface area contributed by atoms with Gasteiger partial charge in [-0.2, -0.15) is 5.10 Å². The molecule has 1 amide bonds. The summed E-state index contributed by atoms with van der Waals surface area (Å²) in [5, 5.41) is 4.13. The third-order valence-corrected chi connectivity index (χ3v) is 5.22. The van der Waals surface area contributed by atoms with Gasteiger partial charge in [-0.05, 0) is 42.7 Å². The Bertz CT molecular complexity index is 922. The van der Waals surface area contributed by atoms with Crippen LogP contribution in [0, 0.1) is 5.92 Å². The normalized spacial score (nSPS) is 16.9. The molecule has 2 unspecified atom stereocenters. The van der Waals surface area contributed by atoms with E-state index in [1.165, 1.54) is 6.33 Å². The SMILES string of the molecule is CC(c1ccc(-n2cncn2)cc1)N(C)C(=O)C1COc2ccccc2C1. The largest absolute Gasteiger partial charge is 0.492 e. The zero-order chi connectivity index (χ0) is 18.8. The third kappa shape index (κ3) is 3.43. The molecular weight excluding hydrogens is 340 g/mol. The van der Waals surface area contributed by atoms with Crippen molar-refractivity contribution in [1.82, 2.24) is 19.7 Å². The maximum atomic E-state index is 13.0. The number of amides is 1. The highest BCUT2D eigenvalue weighted by molar-refractivity contribution is 5.80. The van der Waals surface area contributed by atoms with E-state index >= 15 is 0 Å². The van der Waals surface area contributed by atoms with Crippen LogP contribution in [0.4, 0.5) is 0 Å². The fourth-order valence-corrected chi connectivity index (χ4v) is 3.44. The van der Waals surface area contributed by atoms with Crippen LogP contribution < -0.4 is 4.74 Å². The van der Waals surface area contributed by atoms with Crippen LogP contribution in [-0.4, -0.2) is 39.2 Å². The molecule has 0 N–H and O–H groups in total. The highest BCUT2D eigenvalue weighted by atomic mass is 16.5. The molecule has 0 spiro atoms. The molecule has 0 saturated carbocycles. The molecule has 27 heavy (non-hydrogen) atoms. The Morgan fingerprint density at radius 3 is 2.74 bits per heavy atom. The van der Waals surface area contributed by atoms with Gasteiger partial charge >= 0.3 is 0 Å². The number of rotatable bonds is 4. The zero-order valence-corrected chi connectivity index (χ0v) is 15.4. The summed E-state index contributed by atoms with van der Waals surface area (Å²) in [6.45, 7) is 2.47. The fourth-order valence-electron chi connectivity index (χ4n) is 3.44. The Balaban J connectivity index is 1.46. The molecule has 1 aliphatic heterocycles. The molecule has 0 radical (unpaired) electrons. The Morgan fingerprint density at radius 1 is 1.22 bits per heavy atom. The number of para-hydroxylation sites is 1. The van der Waals surface area contributed by atoms with Crippen LogP contribution in [0.15, 0.2) is 61.2 Å². The maximum Gasteiger partial charge on any atom is 0.229 e. The number of hydrogen-bond donors (Lipinski definition) is 0. The monoisotopic (exact) mass is 362 g/mol. The van der Waals surface area contributed by atoms with Crippen LogP contribution in [0.25, 0.3) is 5.69 Å². The van der Waals surface area contributed by atoms with Gasteiger partial charge in [-0.25, -0.2) is 9.67 Å². The summed E-state index contributed by atoms with van der Waals surface area (Å²) in [5.74, 6) is 0.847. The molecule has 0 saturated heterocycles. The molecule has 6 nitrogen and oxygen atoms in total. The van der Waals surface area contributed by atoms with Crippen LogP contribution in [-0.2, 0) is 11.2 Å². The second-order valence-electron chi connectivity index (χ2n) is 6.88. The maximum absolute atomic E-state index is 13.0. The summed E-state index contributed by atoms with van der Waals surface area (Å²) in [6, 6.07) is 15.9. The Labute approximate surface area is 158 Å². The molecule has 1 aromatic heterocycles. The first-order valence-corrected chi connectivity index (χ1v) is 9.06. The summed E-state index contributed by atoms with van der Waals surface area (Å²) in [7, 11) is 1.86. The Kier molecular flexibility index (Phi) is 4.62. The van der Waals surface area contributed by atoms with E-state index in [1.807, 2.05) is 67.4 Å². The number of ether oxygens (including phenoxy) is 1. The zero-order valence-electron chi connectivity index (χ0n) is 15.4. The van der Waals surface area contributed by atoms with Crippen molar-refractivity contribution in [3.63, 3.8) is 0 Å². The van der Waals surface area contributed by atoms with Crippen molar-refractivity contribution in [3.05, 3.63) is 72.3 Å². The van der Waals surface area contributed by atoms with Crippen LogP contribution in [0.5, 0.6) is 5.75 Å². The van der Waals surface area contributed by atoms with Crippen molar-refractivity contribution in [1.29, 1.82) is 0 Å². The summed E-state index contributed by atoms with van der Waals surface area (Å²) in [5.41, 5.74) is 3.11. The molecular formula is C21H22N4O2. The van der Waals surface area contributed by atoms with E-state index in [9.17, 15) is 4.79 Å². The molecule has 4 rings (SSSR count). The van der Waals surface area contributed by atoms with E-state index < -0.39 is 0 Å². The van der Waals surface area contributed by atoms with Gasteiger partial charge < -0.3 is 9.64 Å². The molecule has 2 heterocycles. The molecule has 0 fully saturated rings. The van der Waals surface area contributed by atoms with Crippen molar-refractivity contribution in [2.24, 2.45) is 5.92 Å². The minimum absolute atomic E-state index is 0.0283. The quantitative estimate of drug-likeness (QED) is 0.716. The fraction of sp³-hybridized carbons (Fsp3) is 0.286. The molecule has 2 aromatic carbocycles. The lowest BCUT2D eigenvalue weighted by Crippen LogP contribution is -2.39. The van der Waals surface area contributed by atoms with Crippen molar-refractivity contribution in [3.8, 4) is 11.4 Å². The first-order chi connectivity index (χ1) is 13.1. The van der Waals surface area contributed by atoms with E-state index in [2.05, 4.69) is 10.1 Å². The highest BCUT2D eigenvalue weighted by Gasteiger charge is 2.30. The average Bonchev–Trinajstić information content (AvgIpc) is 3.27. The predicted molar refractivity (Wildman–Crippen MR) is 102 cm³/mol. The molecule has 0 bridgehead atoms. The van der Waals surface area contributed by atoms with Gasteiger partial charge in [0.1, 0.15) is 25.0 Å². The minimum atomic E-state index is -0.151. The standard InChI is InChI=1S/C21H22N4O2/c1-15(16-7-9-19(10-8-16)25-14-22-13-23-25)24(2)21(26)18-11-17-5-3-4-6-20(17)27-12-18/h3-10,13-15,18H,11-12H2,1-2H3. The van der Waals surface area contributed by atoms with E-state index in [0.717, 1.165) is 29.0 Å². The number of fused-ring (bicyclic) bond motifs is 1. The van der Waals surface area contributed by atoms with Gasteiger partial charge in [0.25, 0.3) is 0 Å². The van der Waals surface area contributed by atoms with E-state index in [-0.39, 0.29) is 17.9 Å². The average molecular weight is 362 g/mol. The molecule has 138 valence electrons. The molecule has 6 heteroatoms. The topological polar surface area (TPSA) is 60.2 Å². The van der Waals surface area contributed by atoms with Crippen LogP contribution >= 0.6 is 0 Å². The Morgan fingerprint density at radius 2 is 2.00 bits per heavy atom. The van der Waals surface area contributed by atoms with Crippen molar-refractivity contribution in [2.45, 2.75) is 19.4 Å². The Hall–Kier alpha value is -3.15. The second kappa shape index (κ2) is 7.23. The van der Waals surface area contributed by atoms with E-state index in [0.29, 0.717) is 6.61 Å². The number of carbonyl (C=O) groups excluding carboxylic acids is 1. The number of benzene rings is 2. The van der Waals surface area contributed by atoms with Gasteiger partial charge in [-0.15, -0.1) is 0 Å². The summed E-state index contributed by atoms with van der Waals surface area (Å²) in [4.78, 5) is 18.8. The summed E-state index contributed by atoms with van der Waals surface area (Å²) < 4.78 is 7.50. The summed E-state index contributed by atoms with van der Waals surface area (Å²) >= 11 is 0. The van der Waals surface area contributed by atoms with Crippen LogP contribution in [0.2, 0.25) is 0 Å². The number of aromatic nitrogens is 3. The lowest BCUT2D eigenvalue weighted by Gasteiger charge is -2.31.